The van der Waals surface area contributed by atoms with E-state index in [-0.39, 0.29) is 24.0 Å². The van der Waals surface area contributed by atoms with Gasteiger partial charge in [0.2, 0.25) is 0 Å². The van der Waals surface area contributed by atoms with E-state index in [1.165, 1.54) is 6.07 Å². The molecule has 3 rings (SSSR count). The van der Waals surface area contributed by atoms with Crippen LogP contribution < -0.4 is 9.47 Å². The minimum absolute atomic E-state index is 0.0628. The van der Waals surface area contributed by atoms with Gasteiger partial charge in [0, 0.05) is 33.8 Å². The van der Waals surface area contributed by atoms with Gasteiger partial charge in [0.15, 0.2) is 6.79 Å². The summed E-state index contributed by atoms with van der Waals surface area (Å²) >= 11 is 6.20. The van der Waals surface area contributed by atoms with Crippen LogP contribution in [0.2, 0.25) is 5.02 Å². The number of halogens is 1. The molecule has 0 atom stereocenters. The Hall–Kier alpha value is -2.35. The maximum Gasteiger partial charge on any atom is 0.269 e. The normalized spacial score (nSPS) is 13.1. The van der Waals surface area contributed by atoms with Crippen molar-refractivity contribution in [2.45, 2.75) is 26.1 Å². The predicted octanol–water partition coefficient (Wildman–Crippen LogP) is 4.19. The van der Waals surface area contributed by atoms with Gasteiger partial charge in [-0.3, -0.25) is 10.1 Å². The molecule has 0 bridgehead atoms. The Labute approximate surface area is 168 Å². The van der Waals surface area contributed by atoms with Gasteiger partial charge in [-0.1, -0.05) is 11.6 Å². The lowest BCUT2D eigenvalue weighted by atomic mass is 10.1. The van der Waals surface area contributed by atoms with E-state index >= 15 is 0 Å². The molecule has 0 saturated heterocycles. The molecule has 0 spiro atoms. The lowest BCUT2D eigenvalue weighted by Gasteiger charge is -2.21. The SMILES string of the molecule is CN(C)CCCc1cc([N+](=O)[O-])ccc1OCc1cc(Cl)cc2c1OCOC2. The molecule has 0 aliphatic carbocycles. The number of non-ortho nitro benzene ring substituents is 1. The largest absolute Gasteiger partial charge is 0.488 e. The highest BCUT2D eigenvalue weighted by atomic mass is 35.5. The van der Waals surface area contributed by atoms with Crippen molar-refractivity contribution in [1.29, 1.82) is 0 Å². The Morgan fingerprint density at radius 2 is 2.07 bits per heavy atom. The summed E-state index contributed by atoms with van der Waals surface area (Å²) in [5, 5.41) is 11.7. The molecule has 0 saturated carbocycles. The summed E-state index contributed by atoms with van der Waals surface area (Å²) in [6.45, 7) is 1.77. The van der Waals surface area contributed by atoms with Gasteiger partial charge in [-0.2, -0.15) is 0 Å². The summed E-state index contributed by atoms with van der Waals surface area (Å²) in [6, 6.07) is 8.33. The van der Waals surface area contributed by atoms with Crippen molar-refractivity contribution < 1.29 is 19.1 Å². The number of fused-ring (bicyclic) bond motifs is 1. The topological polar surface area (TPSA) is 74.1 Å². The predicted molar refractivity (Wildman–Crippen MR) is 106 cm³/mol. The Bertz CT molecular complexity index is 857. The van der Waals surface area contributed by atoms with E-state index < -0.39 is 0 Å². The van der Waals surface area contributed by atoms with Crippen molar-refractivity contribution >= 4 is 17.3 Å². The number of nitro benzene ring substituents is 1. The molecule has 1 aliphatic rings. The van der Waals surface area contributed by atoms with E-state index in [0.717, 1.165) is 35.4 Å². The minimum Gasteiger partial charge on any atom is -0.488 e. The van der Waals surface area contributed by atoms with Crippen LogP contribution in [0.3, 0.4) is 0 Å². The highest BCUT2D eigenvalue weighted by molar-refractivity contribution is 6.30. The third kappa shape index (κ3) is 5.13. The number of aryl methyl sites for hydroxylation is 1. The summed E-state index contributed by atoms with van der Waals surface area (Å²) in [5.74, 6) is 1.36. The summed E-state index contributed by atoms with van der Waals surface area (Å²) in [7, 11) is 3.99. The second kappa shape index (κ2) is 9.23. The van der Waals surface area contributed by atoms with E-state index in [1.54, 1.807) is 12.1 Å². The van der Waals surface area contributed by atoms with E-state index in [9.17, 15) is 10.1 Å². The maximum atomic E-state index is 11.1. The van der Waals surface area contributed by atoms with Crippen LogP contribution in [0.4, 0.5) is 5.69 Å². The van der Waals surface area contributed by atoms with Crippen molar-refractivity contribution in [3.05, 3.63) is 62.2 Å². The number of ether oxygens (including phenoxy) is 3. The summed E-state index contributed by atoms with van der Waals surface area (Å²) < 4.78 is 16.9. The Morgan fingerprint density at radius 1 is 1.25 bits per heavy atom. The van der Waals surface area contributed by atoms with Crippen LogP contribution >= 0.6 is 11.6 Å². The molecular formula is C20H23ClN2O5. The van der Waals surface area contributed by atoms with Gasteiger partial charge >= 0.3 is 0 Å². The number of rotatable bonds is 8. The van der Waals surface area contributed by atoms with Gasteiger partial charge in [-0.05, 0) is 51.7 Å². The standard InChI is InChI=1S/C20H23ClN2O5/c1-22(2)7-3-4-14-10-18(23(24)25)5-6-19(14)27-12-16-9-17(21)8-15-11-26-13-28-20(15)16/h5-6,8-10H,3-4,7,11-13H2,1-2H3. The van der Waals surface area contributed by atoms with Crippen LogP contribution in [0.5, 0.6) is 11.5 Å². The van der Waals surface area contributed by atoms with Gasteiger partial charge in [0.25, 0.3) is 5.69 Å². The lowest BCUT2D eigenvalue weighted by molar-refractivity contribution is -0.384. The smallest absolute Gasteiger partial charge is 0.269 e. The molecule has 0 radical (unpaired) electrons. The monoisotopic (exact) mass is 406 g/mol. The van der Waals surface area contributed by atoms with E-state index in [1.807, 2.05) is 26.2 Å². The van der Waals surface area contributed by atoms with Gasteiger partial charge in [0.1, 0.15) is 18.1 Å². The first-order chi connectivity index (χ1) is 13.4. The van der Waals surface area contributed by atoms with Crippen LogP contribution in [0.1, 0.15) is 23.1 Å². The molecule has 0 unspecified atom stereocenters. The zero-order chi connectivity index (χ0) is 20.1. The number of benzene rings is 2. The van der Waals surface area contributed by atoms with Gasteiger partial charge in [-0.15, -0.1) is 0 Å². The van der Waals surface area contributed by atoms with Crippen molar-refractivity contribution in [2.24, 2.45) is 0 Å². The zero-order valence-electron chi connectivity index (χ0n) is 15.9. The minimum atomic E-state index is -0.388. The van der Waals surface area contributed by atoms with Crippen LogP contribution in [-0.4, -0.2) is 37.3 Å². The molecule has 1 aliphatic heterocycles. The third-order valence-corrected chi connectivity index (χ3v) is 4.66. The average Bonchev–Trinajstić information content (AvgIpc) is 2.66. The number of hydrogen-bond acceptors (Lipinski definition) is 6. The van der Waals surface area contributed by atoms with Gasteiger partial charge in [-0.25, -0.2) is 0 Å². The fourth-order valence-electron chi connectivity index (χ4n) is 3.12. The van der Waals surface area contributed by atoms with Crippen LogP contribution in [0, 0.1) is 10.1 Å². The van der Waals surface area contributed by atoms with Gasteiger partial charge < -0.3 is 19.1 Å². The van der Waals surface area contributed by atoms with Crippen molar-refractivity contribution in [1.82, 2.24) is 4.90 Å². The van der Waals surface area contributed by atoms with E-state index in [4.69, 9.17) is 25.8 Å². The number of nitrogens with zero attached hydrogens (tertiary/aromatic N) is 2. The first-order valence-corrected chi connectivity index (χ1v) is 9.38. The van der Waals surface area contributed by atoms with Crippen LogP contribution in [0.15, 0.2) is 30.3 Å². The lowest BCUT2D eigenvalue weighted by Crippen LogP contribution is -2.14. The summed E-state index contributed by atoms with van der Waals surface area (Å²) in [4.78, 5) is 12.8. The maximum absolute atomic E-state index is 11.1. The number of hydrogen-bond donors (Lipinski definition) is 0. The molecule has 1 heterocycles. The summed E-state index contributed by atoms with van der Waals surface area (Å²) in [6.07, 6.45) is 1.56. The highest BCUT2D eigenvalue weighted by Crippen LogP contribution is 2.33. The molecule has 2 aromatic carbocycles. The molecule has 0 fully saturated rings. The Morgan fingerprint density at radius 3 is 2.82 bits per heavy atom. The second-order valence-corrected chi connectivity index (χ2v) is 7.34. The molecule has 8 heteroatoms. The van der Waals surface area contributed by atoms with Crippen molar-refractivity contribution in [3.8, 4) is 11.5 Å². The van der Waals surface area contributed by atoms with E-state index in [2.05, 4.69) is 4.90 Å². The van der Waals surface area contributed by atoms with Gasteiger partial charge in [0.05, 0.1) is 11.5 Å². The molecule has 0 amide bonds. The van der Waals surface area contributed by atoms with Crippen LogP contribution in [0.25, 0.3) is 0 Å². The van der Waals surface area contributed by atoms with Crippen molar-refractivity contribution in [3.63, 3.8) is 0 Å². The number of nitro groups is 1. The highest BCUT2D eigenvalue weighted by Gasteiger charge is 2.18. The van der Waals surface area contributed by atoms with E-state index in [0.29, 0.717) is 23.8 Å². The fraction of sp³-hybridized carbons (Fsp3) is 0.400. The molecule has 0 N–H and O–H groups in total. The zero-order valence-corrected chi connectivity index (χ0v) is 16.7. The summed E-state index contributed by atoms with van der Waals surface area (Å²) in [5.41, 5.74) is 2.58. The molecule has 28 heavy (non-hydrogen) atoms. The molecule has 7 nitrogen and oxygen atoms in total. The Balaban J connectivity index is 1.80. The molecule has 2 aromatic rings. The first-order valence-electron chi connectivity index (χ1n) is 9.00. The third-order valence-electron chi connectivity index (χ3n) is 4.44. The Kier molecular flexibility index (Phi) is 6.72. The average molecular weight is 407 g/mol. The van der Waals surface area contributed by atoms with Crippen LogP contribution in [-0.2, 0) is 24.4 Å². The fourth-order valence-corrected chi connectivity index (χ4v) is 3.38. The molecule has 150 valence electrons. The second-order valence-electron chi connectivity index (χ2n) is 6.91. The quantitative estimate of drug-likeness (QED) is 0.483. The van der Waals surface area contributed by atoms with Crippen molar-refractivity contribution in [2.75, 3.05) is 27.4 Å². The molecular weight excluding hydrogens is 384 g/mol. The molecule has 0 aromatic heterocycles. The first kappa shape index (κ1) is 20.4.